The number of para-hydroxylation sites is 1. The van der Waals surface area contributed by atoms with Crippen molar-refractivity contribution < 1.29 is 9.47 Å². The maximum atomic E-state index is 6.23. The van der Waals surface area contributed by atoms with Crippen LogP contribution in [-0.2, 0) is 18.3 Å². The fraction of sp³-hybridized carbons (Fsp3) is 0.550. The quantitative estimate of drug-likeness (QED) is 0.401. The topological polar surface area (TPSA) is 76.8 Å². The summed E-state index contributed by atoms with van der Waals surface area (Å²) in [4.78, 5) is 7.01. The Bertz CT molecular complexity index is 825. The van der Waals surface area contributed by atoms with E-state index < -0.39 is 0 Å². The molecule has 2 aromatic rings. The van der Waals surface area contributed by atoms with Gasteiger partial charge >= 0.3 is 0 Å². The highest BCUT2D eigenvalue weighted by Gasteiger charge is 2.27. The van der Waals surface area contributed by atoms with E-state index in [1.54, 1.807) is 7.11 Å². The van der Waals surface area contributed by atoms with Crippen molar-refractivity contribution in [2.24, 2.45) is 12.0 Å². The van der Waals surface area contributed by atoms with Gasteiger partial charge in [0.25, 0.3) is 0 Å². The summed E-state index contributed by atoms with van der Waals surface area (Å²) in [6, 6.07) is 7.58. The molecule has 1 aromatic heterocycles. The Hall–Kier alpha value is -2.32. The van der Waals surface area contributed by atoms with Crippen LogP contribution in [0.5, 0.6) is 5.75 Å². The van der Waals surface area contributed by atoms with Crippen molar-refractivity contribution in [1.29, 1.82) is 0 Å². The Kier molecular flexibility index (Phi) is 7.71. The summed E-state index contributed by atoms with van der Waals surface area (Å²) < 4.78 is 13.2. The van der Waals surface area contributed by atoms with Crippen LogP contribution in [0.3, 0.4) is 0 Å². The lowest BCUT2D eigenvalue weighted by Crippen LogP contribution is -2.41. The number of aliphatic imine (C=N–C) groups is 1. The number of aromatic nitrogens is 3. The van der Waals surface area contributed by atoms with E-state index in [-0.39, 0.29) is 6.10 Å². The highest BCUT2D eigenvalue weighted by molar-refractivity contribution is 6.32. The fourth-order valence-corrected chi connectivity index (χ4v) is 3.34. The molecule has 1 saturated heterocycles. The van der Waals surface area contributed by atoms with Crippen LogP contribution in [-0.4, -0.2) is 65.1 Å². The van der Waals surface area contributed by atoms with Gasteiger partial charge in [-0.3, -0.25) is 0 Å². The van der Waals surface area contributed by atoms with E-state index in [0.717, 1.165) is 55.8 Å². The summed E-state index contributed by atoms with van der Waals surface area (Å²) in [6.45, 7) is 5.51. The predicted octanol–water partition coefficient (Wildman–Crippen LogP) is 2.41. The molecule has 1 N–H and O–H groups in total. The second-order valence-corrected chi connectivity index (χ2v) is 7.45. The molecule has 0 saturated carbocycles. The van der Waals surface area contributed by atoms with Gasteiger partial charge in [-0.05, 0) is 25.5 Å². The van der Waals surface area contributed by atoms with Crippen LogP contribution in [0.4, 0.5) is 0 Å². The third-order valence-electron chi connectivity index (χ3n) is 4.94. The number of guanidine groups is 1. The number of aryl methyl sites for hydroxylation is 1. The van der Waals surface area contributed by atoms with E-state index in [1.807, 2.05) is 42.8 Å². The zero-order chi connectivity index (χ0) is 20.6. The third kappa shape index (κ3) is 5.83. The molecule has 3 rings (SSSR count). The highest BCUT2D eigenvalue weighted by Crippen LogP contribution is 2.26. The van der Waals surface area contributed by atoms with Gasteiger partial charge in [-0.1, -0.05) is 23.7 Å². The molecule has 1 aromatic carbocycles. The SMILES string of the molecule is COCCCNC(=NCc1nnc(C)n1C)N1CCC(Oc2ccccc2Cl)C1. The zero-order valence-corrected chi connectivity index (χ0v) is 18.0. The van der Waals surface area contributed by atoms with Gasteiger partial charge < -0.3 is 24.3 Å². The largest absolute Gasteiger partial charge is 0.487 e. The second-order valence-electron chi connectivity index (χ2n) is 7.04. The number of benzene rings is 1. The average Bonchev–Trinajstić information content (AvgIpc) is 3.31. The molecular formula is C20H29ClN6O2. The molecule has 1 fully saturated rings. The first-order valence-electron chi connectivity index (χ1n) is 9.86. The summed E-state index contributed by atoms with van der Waals surface area (Å²) in [7, 11) is 3.66. The van der Waals surface area contributed by atoms with E-state index in [1.165, 1.54) is 0 Å². The number of likely N-dealkylation sites (tertiary alicyclic amines) is 1. The molecular weight excluding hydrogens is 392 g/mol. The Morgan fingerprint density at radius 2 is 2.17 bits per heavy atom. The molecule has 0 bridgehead atoms. The lowest BCUT2D eigenvalue weighted by Gasteiger charge is -2.22. The number of hydrogen-bond donors (Lipinski definition) is 1. The molecule has 1 aliphatic rings. The van der Waals surface area contributed by atoms with Crippen molar-refractivity contribution >= 4 is 17.6 Å². The molecule has 1 atom stereocenters. The van der Waals surface area contributed by atoms with E-state index in [4.69, 9.17) is 26.1 Å². The lowest BCUT2D eigenvalue weighted by molar-refractivity contribution is 0.195. The van der Waals surface area contributed by atoms with Crippen LogP contribution in [0.1, 0.15) is 24.5 Å². The molecule has 9 heteroatoms. The van der Waals surface area contributed by atoms with Crippen LogP contribution in [0.15, 0.2) is 29.3 Å². The minimum Gasteiger partial charge on any atom is -0.487 e. The molecule has 8 nitrogen and oxygen atoms in total. The fourth-order valence-electron chi connectivity index (χ4n) is 3.16. The van der Waals surface area contributed by atoms with Gasteiger partial charge in [-0.25, -0.2) is 4.99 Å². The van der Waals surface area contributed by atoms with Crippen molar-refractivity contribution in [2.75, 3.05) is 33.4 Å². The molecule has 158 valence electrons. The summed E-state index contributed by atoms with van der Waals surface area (Å²) in [5, 5.41) is 12.4. The zero-order valence-electron chi connectivity index (χ0n) is 17.3. The molecule has 0 spiro atoms. The number of methoxy groups -OCH3 is 1. The number of nitrogens with one attached hydrogen (secondary N) is 1. The van der Waals surface area contributed by atoms with Gasteiger partial charge in [-0.15, -0.1) is 10.2 Å². The average molecular weight is 421 g/mol. The van der Waals surface area contributed by atoms with Crippen LogP contribution in [0.2, 0.25) is 5.02 Å². The Balaban J connectivity index is 1.64. The van der Waals surface area contributed by atoms with Gasteiger partial charge in [0.1, 0.15) is 24.2 Å². The first-order chi connectivity index (χ1) is 14.1. The van der Waals surface area contributed by atoms with Crippen molar-refractivity contribution in [3.63, 3.8) is 0 Å². The molecule has 2 heterocycles. The molecule has 1 unspecified atom stereocenters. The van der Waals surface area contributed by atoms with E-state index in [9.17, 15) is 0 Å². The van der Waals surface area contributed by atoms with E-state index >= 15 is 0 Å². The number of ether oxygens (including phenoxy) is 2. The Morgan fingerprint density at radius 1 is 1.34 bits per heavy atom. The lowest BCUT2D eigenvalue weighted by atomic mass is 10.3. The number of hydrogen-bond acceptors (Lipinski definition) is 5. The summed E-state index contributed by atoms with van der Waals surface area (Å²) in [5.74, 6) is 3.29. The smallest absolute Gasteiger partial charge is 0.194 e. The van der Waals surface area contributed by atoms with Crippen LogP contribution in [0.25, 0.3) is 0 Å². The Morgan fingerprint density at radius 3 is 2.90 bits per heavy atom. The van der Waals surface area contributed by atoms with Gasteiger partial charge in [0, 0.05) is 40.3 Å². The monoisotopic (exact) mass is 420 g/mol. The normalized spacial score (nSPS) is 17.0. The maximum absolute atomic E-state index is 6.23. The van der Waals surface area contributed by atoms with Crippen LogP contribution < -0.4 is 10.1 Å². The van der Waals surface area contributed by atoms with E-state index in [0.29, 0.717) is 18.2 Å². The molecule has 0 aliphatic carbocycles. The minimum atomic E-state index is 0.0675. The molecule has 1 aliphatic heterocycles. The molecule has 29 heavy (non-hydrogen) atoms. The predicted molar refractivity (Wildman–Crippen MR) is 113 cm³/mol. The van der Waals surface area contributed by atoms with Gasteiger partial charge in [0.15, 0.2) is 11.8 Å². The molecule has 0 amide bonds. The van der Waals surface area contributed by atoms with Gasteiger partial charge in [-0.2, -0.15) is 0 Å². The maximum Gasteiger partial charge on any atom is 0.194 e. The van der Waals surface area contributed by atoms with Gasteiger partial charge in [0.2, 0.25) is 0 Å². The summed E-state index contributed by atoms with van der Waals surface area (Å²) >= 11 is 6.23. The van der Waals surface area contributed by atoms with Crippen molar-refractivity contribution in [1.82, 2.24) is 25.0 Å². The van der Waals surface area contributed by atoms with Crippen molar-refractivity contribution in [2.45, 2.75) is 32.4 Å². The summed E-state index contributed by atoms with van der Waals surface area (Å²) in [6.07, 6.45) is 1.89. The first-order valence-corrected chi connectivity index (χ1v) is 10.2. The van der Waals surface area contributed by atoms with Crippen molar-refractivity contribution in [3.05, 3.63) is 40.9 Å². The van der Waals surface area contributed by atoms with Crippen LogP contribution >= 0.6 is 11.6 Å². The van der Waals surface area contributed by atoms with E-state index in [2.05, 4.69) is 20.4 Å². The summed E-state index contributed by atoms with van der Waals surface area (Å²) in [5.41, 5.74) is 0. The third-order valence-corrected chi connectivity index (χ3v) is 5.25. The second kappa shape index (κ2) is 10.5. The van der Waals surface area contributed by atoms with Crippen molar-refractivity contribution in [3.8, 4) is 5.75 Å². The standard InChI is InChI=1S/C20H29ClN6O2/c1-15-24-25-19(26(15)2)13-23-20(22-10-6-12-28-3)27-11-9-16(14-27)29-18-8-5-4-7-17(18)21/h4-5,7-8,16H,6,9-14H2,1-3H3,(H,22,23). The molecule has 0 radical (unpaired) electrons. The number of nitrogens with zero attached hydrogens (tertiary/aromatic N) is 5. The van der Waals surface area contributed by atoms with Gasteiger partial charge in [0.05, 0.1) is 11.6 Å². The first kappa shape index (κ1) is 21.4. The Labute approximate surface area is 176 Å². The number of halogens is 1. The highest BCUT2D eigenvalue weighted by atomic mass is 35.5. The number of rotatable bonds is 8. The minimum absolute atomic E-state index is 0.0675. The van der Waals surface area contributed by atoms with Crippen LogP contribution in [0, 0.1) is 6.92 Å².